The summed E-state index contributed by atoms with van der Waals surface area (Å²) in [6.45, 7) is 2.43. The number of hydrogen-bond acceptors (Lipinski definition) is 6. The lowest BCUT2D eigenvalue weighted by atomic mass is 10.2. The number of carbonyl (C=O) groups is 2. The average Bonchev–Trinajstić information content (AvgIpc) is 2.44. The lowest BCUT2D eigenvalue weighted by Crippen LogP contribution is -2.49. The molecule has 0 fully saturated rings. The number of benzene rings is 1. The summed E-state index contributed by atoms with van der Waals surface area (Å²) in [6.07, 6.45) is -2.66. The van der Waals surface area contributed by atoms with Crippen molar-refractivity contribution in [3.63, 3.8) is 0 Å². The SMILES string of the molecule is C[C@H](OC(=O)[C@H](NS(=O)(=O)c1ccc(Cl)cc1)[C@H](C)O)C(N)=O. The van der Waals surface area contributed by atoms with Crippen molar-refractivity contribution in [2.24, 2.45) is 5.73 Å². The molecule has 0 aliphatic carbocycles. The van der Waals surface area contributed by atoms with E-state index in [1.165, 1.54) is 38.1 Å². The molecule has 0 unspecified atom stereocenters. The van der Waals surface area contributed by atoms with Crippen LogP contribution in [0.3, 0.4) is 0 Å². The number of amides is 1. The molecule has 0 heterocycles. The minimum atomic E-state index is -4.11. The van der Waals surface area contributed by atoms with Gasteiger partial charge in [-0.15, -0.1) is 0 Å². The molecule has 128 valence electrons. The number of aliphatic hydroxyl groups is 1. The van der Waals surface area contributed by atoms with Gasteiger partial charge in [0.15, 0.2) is 6.10 Å². The highest BCUT2D eigenvalue weighted by Gasteiger charge is 2.32. The van der Waals surface area contributed by atoms with Crippen LogP contribution in [0, 0.1) is 0 Å². The fraction of sp³-hybridized carbons (Fsp3) is 0.385. The smallest absolute Gasteiger partial charge is 0.327 e. The van der Waals surface area contributed by atoms with Gasteiger partial charge in [-0.3, -0.25) is 9.59 Å². The van der Waals surface area contributed by atoms with Crippen molar-refractivity contribution < 1.29 is 27.9 Å². The average molecular weight is 365 g/mol. The second-order valence-corrected chi connectivity index (χ2v) is 6.93. The topological polar surface area (TPSA) is 136 Å². The van der Waals surface area contributed by atoms with Crippen LogP contribution in [0.5, 0.6) is 0 Å². The van der Waals surface area contributed by atoms with Crippen molar-refractivity contribution in [3.8, 4) is 0 Å². The number of sulfonamides is 1. The molecule has 0 aliphatic heterocycles. The van der Waals surface area contributed by atoms with Gasteiger partial charge < -0.3 is 15.6 Å². The molecule has 1 aromatic rings. The van der Waals surface area contributed by atoms with Crippen molar-refractivity contribution in [2.45, 2.75) is 37.0 Å². The number of ether oxygens (including phenoxy) is 1. The molecule has 0 saturated carbocycles. The van der Waals surface area contributed by atoms with Gasteiger partial charge in [-0.25, -0.2) is 8.42 Å². The molecule has 0 radical (unpaired) electrons. The van der Waals surface area contributed by atoms with Crippen LogP contribution in [0.2, 0.25) is 5.02 Å². The van der Waals surface area contributed by atoms with Crippen LogP contribution in [0.1, 0.15) is 13.8 Å². The maximum absolute atomic E-state index is 12.2. The van der Waals surface area contributed by atoms with Crippen LogP contribution < -0.4 is 10.5 Å². The third-order valence-electron chi connectivity index (χ3n) is 2.84. The van der Waals surface area contributed by atoms with Crippen molar-refractivity contribution in [3.05, 3.63) is 29.3 Å². The zero-order valence-electron chi connectivity index (χ0n) is 12.4. The standard InChI is InChI=1S/C13H17ClN2O6S/c1-7(17)11(13(19)22-8(2)12(15)18)16-23(20,21)10-5-3-9(14)4-6-10/h3-8,11,16-17H,1-2H3,(H2,15,18)/t7-,8-,11+/m0/s1. The number of esters is 1. The number of halogens is 1. The first-order valence-corrected chi connectivity index (χ1v) is 8.36. The van der Waals surface area contributed by atoms with Gasteiger partial charge in [0.05, 0.1) is 11.0 Å². The third-order valence-corrected chi connectivity index (χ3v) is 4.54. The quantitative estimate of drug-likeness (QED) is 0.572. The molecule has 0 bridgehead atoms. The second kappa shape index (κ2) is 7.73. The van der Waals surface area contributed by atoms with Gasteiger partial charge in [0.1, 0.15) is 6.04 Å². The third kappa shape index (κ3) is 5.47. The minimum absolute atomic E-state index is 0.150. The van der Waals surface area contributed by atoms with E-state index in [2.05, 4.69) is 0 Å². The molecule has 8 nitrogen and oxygen atoms in total. The molecular formula is C13H17ClN2O6S. The van der Waals surface area contributed by atoms with Crippen LogP contribution in [0.15, 0.2) is 29.2 Å². The van der Waals surface area contributed by atoms with E-state index >= 15 is 0 Å². The van der Waals surface area contributed by atoms with Crippen molar-refractivity contribution >= 4 is 33.5 Å². The molecule has 0 aromatic heterocycles. The predicted molar refractivity (Wildman–Crippen MR) is 82.0 cm³/mol. The van der Waals surface area contributed by atoms with Gasteiger partial charge in [0, 0.05) is 5.02 Å². The molecule has 1 amide bonds. The summed E-state index contributed by atoms with van der Waals surface area (Å²) in [5.41, 5.74) is 4.96. The Balaban J connectivity index is 2.97. The van der Waals surface area contributed by atoms with Crippen molar-refractivity contribution in [2.75, 3.05) is 0 Å². The number of carbonyl (C=O) groups excluding carboxylic acids is 2. The molecule has 1 rings (SSSR count). The first-order valence-electron chi connectivity index (χ1n) is 6.50. The predicted octanol–water partition coefficient (Wildman–Crippen LogP) is -0.215. The Kier molecular flexibility index (Phi) is 6.51. The Morgan fingerprint density at radius 2 is 1.78 bits per heavy atom. The Bertz CT molecular complexity index is 674. The van der Waals surface area contributed by atoms with Gasteiger partial charge in [0.25, 0.3) is 5.91 Å². The zero-order chi connectivity index (χ0) is 17.8. The highest BCUT2D eigenvalue weighted by molar-refractivity contribution is 7.89. The first-order chi connectivity index (χ1) is 10.5. The fourth-order valence-corrected chi connectivity index (χ4v) is 2.88. The Morgan fingerprint density at radius 1 is 1.26 bits per heavy atom. The maximum Gasteiger partial charge on any atom is 0.327 e. The van der Waals surface area contributed by atoms with E-state index in [1.54, 1.807) is 0 Å². The molecule has 1 aromatic carbocycles. The number of aliphatic hydroxyl groups excluding tert-OH is 1. The lowest BCUT2D eigenvalue weighted by Gasteiger charge is -2.21. The number of rotatable bonds is 7. The Hall–Kier alpha value is -1.68. The summed E-state index contributed by atoms with van der Waals surface area (Å²) in [5, 5.41) is 9.96. The fourth-order valence-electron chi connectivity index (χ4n) is 1.50. The zero-order valence-corrected chi connectivity index (χ0v) is 14.0. The molecule has 10 heteroatoms. The number of hydrogen-bond donors (Lipinski definition) is 3. The molecule has 3 atom stereocenters. The highest BCUT2D eigenvalue weighted by atomic mass is 35.5. The van der Waals surface area contributed by atoms with E-state index in [4.69, 9.17) is 22.1 Å². The number of nitrogens with two attached hydrogens (primary N) is 1. The molecule has 0 aliphatic rings. The monoisotopic (exact) mass is 364 g/mol. The van der Waals surface area contributed by atoms with Gasteiger partial charge in [-0.2, -0.15) is 4.72 Å². The van der Waals surface area contributed by atoms with Crippen LogP contribution >= 0.6 is 11.6 Å². The Labute approximate surface area is 138 Å². The maximum atomic E-state index is 12.2. The van der Waals surface area contributed by atoms with Crippen LogP contribution in [0.4, 0.5) is 0 Å². The second-order valence-electron chi connectivity index (χ2n) is 4.77. The summed E-state index contributed by atoms with van der Waals surface area (Å²) in [6, 6.07) is 3.60. The Morgan fingerprint density at radius 3 is 2.22 bits per heavy atom. The van der Waals surface area contributed by atoms with E-state index in [-0.39, 0.29) is 4.90 Å². The molecule has 0 spiro atoms. The molecule has 0 saturated heterocycles. The van der Waals surface area contributed by atoms with Crippen molar-refractivity contribution in [1.82, 2.24) is 4.72 Å². The van der Waals surface area contributed by atoms with E-state index in [0.29, 0.717) is 5.02 Å². The normalized spacial score (nSPS) is 15.5. The van der Waals surface area contributed by atoms with Crippen LogP contribution in [-0.2, 0) is 24.3 Å². The molecule has 4 N–H and O–H groups in total. The van der Waals surface area contributed by atoms with Gasteiger partial charge >= 0.3 is 5.97 Å². The molecular weight excluding hydrogens is 348 g/mol. The highest BCUT2D eigenvalue weighted by Crippen LogP contribution is 2.15. The molecule has 23 heavy (non-hydrogen) atoms. The first kappa shape index (κ1) is 19.4. The summed E-state index contributed by atoms with van der Waals surface area (Å²) >= 11 is 5.68. The minimum Gasteiger partial charge on any atom is -0.451 e. The van der Waals surface area contributed by atoms with Crippen molar-refractivity contribution in [1.29, 1.82) is 0 Å². The summed E-state index contributed by atoms with van der Waals surface area (Å²) in [7, 11) is -4.11. The number of primary amides is 1. The van der Waals surface area contributed by atoms with E-state index < -0.39 is 40.1 Å². The van der Waals surface area contributed by atoms with Gasteiger partial charge in [0.2, 0.25) is 10.0 Å². The van der Waals surface area contributed by atoms with E-state index in [0.717, 1.165) is 0 Å². The van der Waals surface area contributed by atoms with Gasteiger partial charge in [-0.05, 0) is 38.1 Å². The van der Waals surface area contributed by atoms with E-state index in [9.17, 15) is 23.1 Å². The van der Waals surface area contributed by atoms with E-state index in [1.807, 2.05) is 4.72 Å². The van der Waals surface area contributed by atoms with Crippen LogP contribution in [-0.4, -0.2) is 43.7 Å². The van der Waals surface area contributed by atoms with Gasteiger partial charge in [-0.1, -0.05) is 11.6 Å². The summed E-state index contributed by atoms with van der Waals surface area (Å²) in [4.78, 5) is 22.7. The summed E-state index contributed by atoms with van der Waals surface area (Å²) < 4.78 is 31.2. The summed E-state index contributed by atoms with van der Waals surface area (Å²) in [5.74, 6) is -2.02. The van der Waals surface area contributed by atoms with Crippen LogP contribution in [0.25, 0.3) is 0 Å². The lowest BCUT2D eigenvalue weighted by molar-refractivity contribution is -0.157. The largest absolute Gasteiger partial charge is 0.451 e. The number of nitrogens with one attached hydrogen (secondary N) is 1.